The molecule has 3 aromatic carbocycles. The molecule has 3 N–H and O–H groups in total. The maximum Gasteiger partial charge on any atom is 0.270 e. The molecule has 0 bridgehead atoms. The Morgan fingerprint density at radius 2 is 1.51 bits per heavy atom. The summed E-state index contributed by atoms with van der Waals surface area (Å²) < 4.78 is 5.90. The van der Waals surface area contributed by atoms with Crippen LogP contribution >= 0.6 is 12.2 Å². The van der Waals surface area contributed by atoms with Crippen molar-refractivity contribution < 1.29 is 19.6 Å². The van der Waals surface area contributed by atoms with Crippen LogP contribution in [0.3, 0.4) is 0 Å². The second-order valence-electron chi connectivity index (χ2n) is 10.8. The molecule has 0 atom stereocenters. The molecule has 2 amide bonds. The van der Waals surface area contributed by atoms with Crippen LogP contribution in [0.1, 0.15) is 51.5 Å². The first kappa shape index (κ1) is 28.5. The summed E-state index contributed by atoms with van der Waals surface area (Å²) in [5.41, 5.74) is 3.75. The van der Waals surface area contributed by atoms with Crippen LogP contribution < -0.4 is 20.3 Å². The van der Waals surface area contributed by atoms with Crippen LogP contribution in [0.5, 0.6) is 11.5 Å². The normalized spacial score (nSPS) is 18.0. The lowest BCUT2D eigenvalue weighted by Gasteiger charge is -2.29. The van der Waals surface area contributed by atoms with Crippen molar-refractivity contribution in [1.29, 1.82) is 0 Å². The van der Waals surface area contributed by atoms with Crippen molar-refractivity contribution in [3.63, 3.8) is 0 Å². The molecule has 41 heavy (non-hydrogen) atoms. The predicted molar refractivity (Wildman–Crippen MR) is 166 cm³/mol. The molecule has 0 radical (unpaired) electrons. The Kier molecular flexibility index (Phi) is 9.07. The molecule has 5 rings (SSSR count). The monoisotopic (exact) mass is 566 g/mol. The lowest BCUT2D eigenvalue weighted by Crippen LogP contribution is -2.87. The predicted octanol–water partition coefficient (Wildman–Crippen LogP) is 6.12. The average molecular weight is 567 g/mol. The number of benzene rings is 3. The number of amides is 2. The van der Waals surface area contributed by atoms with Crippen LogP contribution in [-0.2, 0) is 9.59 Å². The first-order valence-corrected chi connectivity index (χ1v) is 14.7. The molecular formula is C34H36N3O3S+. The van der Waals surface area contributed by atoms with E-state index in [4.69, 9.17) is 17.0 Å². The van der Waals surface area contributed by atoms with Gasteiger partial charge in [-0.2, -0.15) is 0 Å². The van der Waals surface area contributed by atoms with Crippen molar-refractivity contribution in [1.82, 2.24) is 5.32 Å². The minimum atomic E-state index is -0.483. The minimum absolute atomic E-state index is 0.0565. The molecule has 0 aromatic heterocycles. The number of carbonyl (C=O) groups is 2. The highest BCUT2D eigenvalue weighted by Crippen LogP contribution is 2.29. The zero-order valence-electron chi connectivity index (χ0n) is 23.5. The summed E-state index contributed by atoms with van der Waals surface area (Å²) in [7, 11) is 0. The summed E-state index contributed by atoms with van der Waals surface area (Å²) in [5, 5.41) is 5.15. The van der Waals surface area contributed by atoms with Crippen molar-refractivity contribution in [3.05, 3.63) is 108 Å². The van der Waals surface area contributed by atoms with Crippen molar-refractivity contribution in [2.45, 2.75) is 52.0 Å². The smallest absolute Gasteiger partial charge is 0.270 e. The van der Waals surface area contributed by atoms with Gasteiger partial charge in [-0.05, 0) is 98.4 Å². The number of para-hydroxylation sites is 1. The number of hydrogen-bond acceptors (Lipinski definition) is 4. The number of ether oxygens (including phenoxy) is 1. The van der Waals surface area contributed by atoms with Gasteiger partial charge < -0.3 is 10.1 Å². The standard InChI is InChI=1S/C34H35N3O3S/c1-23(2)29(31(24-12-6-3-7-13-24)35-25-14-8-4-9-15-25)22-30-32(38)36-34(41)37(33(30)39)26-18-20-28(21-19-26)40-27-16-10-5-11-17-27/h3,5-7,10-13,16-23,25,35H,4,8-9,14-15H2,1-2H3,(H,36,38,41)/p+1/b30-22-,31-29+. The van der Waals surface area contributed by atoms with Gasteiger partial charge in [-0.25, -0.2) is 0 Å². The van der Waals surface area contributed by atoms with Gasteiger partial charge in [0.15, 0.2) is 5.11 Å². The lowest BCUT2D eigenvalue weighted by molar-refractivity contribution is -0.606. The van der Waals surface area contributed by atoms with E-state index < -0.39 is 11.8 Å². The number of thiocarbonyl (C=S) groups is 1. The van der Waals surface area contributed by atoms with Crippen LogP contribution in [-0.4, -0.2) is 23.0 Å². The third-order valence-electron chi connectivity index (χ3n) is 7.55. The molecule has 1 aliphatic carbocycles. The Balaban J connectivity index is 1.49. The highest BCUT2D eigenvalue weighted by Gasteiger charge is 2.35. The molecular weight excluding hydrogens is 530 g/mol. The number of allylic oxidation sites excluding steroid dienone is 2. The first-order valence-electron chi connectivity index (χ1n) is 14.3. The van der Waals surface area contributed by atoms with Crippen LogP contribution in [0.2, 0.25) is 0 Å². The van der Waals surface area contributed by atoms with Crippen molar-refractivity contribution >= 4 is 40.5 Å². The molecule has 2 aliphatic rings. The maximum atomic E-state index is 13.9. The van der Waals surface area contributed by atoms with Crippen LogP contribution in [0, 0.1) is 5.92 Å². The van der Waals surface area contributed by atoms with E-state index in [-0.39, 0.29) is 16.6 Å². The van der Waals surface area contributed by atoms with Gasteiger partial charge in [0, 0.05) is 11.1 Å². The Hall–Kier alpha value is -4.07. The van der Waals surface area contributed by atoms with Crippen LogP contribution in [0.25, 0.3) is 5.70 Å². The number of carbonyl (C=O) groups excluding carboxylic acids is 2. The summed E-state index contributed by atoms with van der Waals surface area (Å²) in [6, 6.07) is 27.3. The third-order valence-corrected chi connectivity index (χ3v) is 7.83. The second-order valence-corrected chi connectivity index (χ2v) is 11.2. The highest BCUT2D eigenvalue weighted by molar-refractivity contribution is 7.80. The Morgan fingerprint density at radius 3 is 2.15 bits per heavy atom. The van der Waals surface area contributed by atoms with E-state index in [1.807, 2.05) is 48.5 Å². The number of anilines is 1. The van der Waals surface area contributed by atoms with Gasteiger partial charge in [0.2, 0.25) is 0 Å². The summed E-state index contributed by atoms with van der Waals surface area (Å²) in [6.07, 6.45) is 7.81. The van der Waals surface area contributed by atoms with E-state index in [1.165, 1.54) is 24.2 Å². The van der Waals surface area contributed by atoms with Gasteiger partial charge in [0.05, 0.1) is 11.7 Å². The number of nitrogens with zero attached hydrogens (tertiary/aromatic N) is 1. The third kappa shape index (κ3) is 6.81. The van der Waals surface area contributed by atoms with Gasteiger partial charge in [-0.3, -0.25) is 19.8 Å². The fraction of sp³-hybridized carbons (Fsp3) is 0.265. The average Bonchev–Trinajstić information content (AvgIpc) is 2.98. The zero-order chi connectivity index (χ0) is 28.8. The summed E-state index contributed by atoms with van der Waals surface area (Å²) >= 11 is 5.45. The van der Waals surface area contributed by atoms with E-state index in [0.29, 0.717) is 17.5 Å². The second kappa shape index (κ2) is 13.1. The molecule has 1 saturated carbocycles. The van der Waals surface area contributed by atoms with E-state index in [9.17, 15) is 9.59 Å². The fourth-order valence-electron chi connectivity index (χ4n) is 5.40. The van der Waals surface area contributed by atoms with Crippen LogP contribution in [0.15, 0.2) is 102 Å². The molecule has 2 fully saturated rings. The highest BCUT2D eigenvalue weighted by atomic mass is 32.1. The number of rotatable bonds is 8. The molecule has 1 aliphatic heterocycles. The van der Waals surface area contributed by atoms with Crippen LogP contribution in [0.4, 0.5) is 5.69 Å². The van der Waals surface area contributed by atoms with Crippen molar-refractivity contribution in [2.24, 2.45) is 5.92 Å². The molecule has 7 heteroatoms. The van der Waals surface area contributed by atoms with Gasteiger partial charge >= 0.3 is 0 Å². The van der Waals surface area contributed by atoms with E-state index in [1.54, 1.807) is 30.3 Å². The quantitative estimate of drug-likeness (QED) is 0.196. The molecule has 6 nitrogen and oxygen atoms in total. The summed E-state index contributed by atoms with van der Waals surface area (Å²) in [4.78, 5) is 28.4. The van der Waals surface area contributed by atoms with Gasteiger partial charge in [-0.15, -0.1) is 0 Å². The number of nitrogens with one attached hydrogen (secondary N) is 1. The summed E-state index contributed by atoms with van der Waals surface area (Å²) in [5.74, 6) is 0.498. The van der Waals surface area contributed by atoms with Gasteiger partial charge in [0.25, 0.3) is 11.8 Å². The number of quaternary nitrogens is 1. The SMILES string of the molecule is CC(C)C(/C=C1/C(=O)NC(=S)N(c2ccc(Oc3ccccc3)cc2)C1=O)=C(/[NH2+]C1CCCCC1)c1ccccc1. The van der Waals surface area contributed by atoms with E-state index in [2.05, 4.69) is 36.6 Å². The molecule has 1 saturated heterocycles. The largest absolute Gasteiger partial charge is 0.457 e. The Bertz CT molecular complexity index is 1460. The fourth-order valence-corrected chi connectivity index (χ4v) is 5.69. The Morgan fingerprint density at radius 1 is 0.902 bits per heavy atom. The molecule has 0 spiro atoms. The van der Waals surface area contributed by atoms with Crippen molar-refractivity contribution in [2.75, 3.05) is 4.90 Å². The van der Waals surface area contributed by atoms with Gasteiger partial charge in [-0.1, -0.05) is 56.7 Å². The number of nitrogens with two attached hydrogens (primary N) is 1. The lowest BCUT2D eigenvalue weighted by atomic mass is 9.91. The topological polar surface area (TPSA) is 75.2 Å². The zero-order valence-corrected chi connectivity index (χ0v) is 24.3. The van der Waals surface area contributed by atoms with Gasteiger partial charge in [0.1, 0.15) is 22.8 Å². The molecule has 1 heterocycles. The number of hydrogen-bond donors (Lipinski definition) is 2. The van der Waals surface area contributed by atoms with E-state index in [0.717, 1.165) is 35.4 Å². The van der Waals surface area contributed by atoms with E-state index >= 15 is 0 Å². The first-order chi connectivity index (χ1) is 19.9. The molecule has 210 valence electrons. The molecule has 3 aromatic rings. The van der Waals surface area contributed by atoms with Crippen molar-refractivity contribution in [3.8, 4) is 11.5 Å². The molecule has 0 unspecified atom stereocenters. The minimum Gasteiger partial charge on any atom is -0.457 e. The maximum absolute atomic E-state index is 13.9. The summed E-state index contributed by atoms with van der Waals surface area (Å²) in [6.45, 7) is 4.20. The Labute approximate surface area is 247 Å².